The van der Waals surface area contributed by atoms with Gasteiger partial charge in [-0.2, -0.15) is 15.1 Å². The number of pyridine rings is 1. The predicted molar refractivity (Wildman–Crippen MR) is 115 cm³/mol. The van der Waals surface area contributed by atoms with E-state index in [1.807, 2.05) is 31.4 Å². The van der Waals surface area contributed by atoms with Gasteiger partial charge in [-0.25, -0.2) is 9.97 Å². The lowest BCUT2D eigenvalue weighted by Crippen LogP contribution is -2.48. The summed E-state index contributed by atoms with van der Waals surface area (Å²) in [5, 5.41) is 9.09. The number of carbonyl (C=O) groups excluding carboxylic acids is 1. The second-order valence-electron chi connectivity index (χ2n) is 7.54. The third-order valence-electron chi connectivity index (χ3n) is 5.18. The van der Waals surface area contributed by atoms with Gasteiger partial charge in [-0.15, -0.1) is 4.68 Å². The summed E-state index contributed by atoms with van der Waals surface area (Å²) < 4.78 is 9.85. The molecule has 0 unspecified atom stereocenters. The Morgan fingerprint density at radius 3 is 2.94 bits per heavy atom. The number of aryl methyl sites for hydroxylation is 1. The molecular weight excluding hydrogens is 410 g/mol. The number of imidazole rings is 1. The SMILES string of the molecule is C=CC(=O)NC1CC(Oc2nc(Nc3c[nH][n+](C)c3)nc3ncn(-c4ccccn4)c23)C1. The van der Waals surface area contributed by atoms with Crippen LogP contribution in [0.1, 0.15) is 12.8 Å². The van der Waals surface area contributed by atoms with E-state index < -0.39 is 0 Å². The second kappa shape index (κ2) is 8.10. The van der Waals surface area contributed by atoms with Crippen LogP contribution >= 0.6 is 0 Å². The lowest BCUT2D eigenvalue weighted by atomic mass is 9.89. The average molecular weight is 432 g/mol. The van der Waals surface area contributed by atoms with Crippen molar-refractivity contribution >= 4 is 28.7 Å². The quantitative estimate of drug-likeness (QED) is 0.297. The summed E-state index contributed by atoms with van der Waals surface area (Å²) in [6, 6.07) is 5.68. The Morgan fingerprint density at radius 2 is 2.22 bits per heavy atom. The van der Waals surface area contributed by atoms with Crippen molar-refractivity contribution in [2.24, 2.45) is 7.05 Å². The third kappa shape index (κ3) is 3.87. The number of aromatic amines is 1. The number of ether oxygens (including phenoxy) is 1. The standard InChI is InChI=1S/C21H21N9O2/c1-3-17(31)25-13-8-15(9-13)32-20-18-19(23-12-30(18)16-6-4-5-7-22-16)27-21(28-20)26-14-10-24-29(2)11-14/h3-7,10-13,15H,1,8-9H2,2H3,(H2,25,26,27,28,31)/p+1. The molecule has 0 radical (unpaired) electrons. The van der Waals surface area contributed by atoms with Gasteiger partial charge >= 0.3 is 0 Å². The molecule has 5 rings (SSSR count). The Labute approximate surface area is 183 Å². The van der Waals surface area contributed by atoms with Gasteiger partial charge < -0.3 is 15.4 Å². The fourth-order valence-electron chi connectivity index (χ4n) is 3.55. The molecule has 0 atom stereocenters. The highest BCUT2D eigenvalue weighted by Crippen LogP contribution is 2.31. The first-order valence-corrected chi connectivity index (χ1v) is 10.2. The first-order chi connectivity index (χ1) is 15.6. The van der Waals surface area contributed by atoms with Gasteiger partial charge in [0.2, 0.25) is 23.9 Å². The summed E-state index contributed by atoms with van der Waals surface area (Å²) in [7, 11) is 1.89. The smallest absolute Gasteiger partial charge is 0.246 e. The van der Waals surface area contributed by atoms with Crippen molar-refractivity contribution in [1.29, 1.82) is 0 Å². The first kappa shape index (κ1) is 19.7. The largest absolute Gasteiger partial charge is 0.473 e. The van der Waals surface area contributed by atoms with Gasteiger partial charge in [-0.3, -0.25) is 9.36 Å². The lowest BCUT2D eigenvalue weighted by molar-refractivity contribution is -0.726. The van der Waals surface area contributed by atoms with Crippen LogP contribution in [0.5, 0.6) is 5.88 Å². The van der Waals surface area contributed by atoms with Gasteiger partial charge in [0.05, 0.1) is 6.20 Å². The third-order valence-corrected chi connectivity index (χ3v) is 5.18. The van der Waals surface area contributed by atoms with Crippen LogP contribution in [0.15, 0.2) is 55.8 Å². The van der Waals surface area contributed by atoms with Crippen LogP contribution in [0.25, 0.3) is 17.0 Å². The molecule has 162 valence electrons. The number of aromatic nitrogens is 7. The second-order valence-corrected chi connectivity index (χ2v) is 7.54. The van der Waals surface area contributed by atoms with Crippen LogP contribution in [0, 0.1) is 0 Å². The zero-order chi connectivity index (χ0) is 22.1. The topological polar surface area (TPSA) is 127 Å². The molecule has 11 heteroatoms. The molecule has 4 aromatic heterocycles. The van der Waals surface area contributed by atoms with Crippen LogP contribution in [-0.4, -0.2) is 47.7 Å². The average Bonchev–Trinajstić information content (AvgIpc) is 3.38. The van der Waals surface area contributed by atoms with Crippen molar-refractivity contribution in [3.05, 3.63) is 55.8 Å². The molecule has 11 nitrogen and oxygen atoms in total. The van der Waals surface area contributed by atoms with Gasteiger partial charge in [-0.05, 0) is 18.2 Å². The highest BCUT2D eigenvalue weighted by molar-refractivity contribution is 5.87. The number of hydrogen-bond acceptors (Lipinski definition) is 7. The van der Waals surface area contributed by atoms with E-state index in [2.05, 4.69) is 42.2 Å². The molecule has 0 aromatic carbocycles. The molecular formula is C21H22N9O2+. The molecule has 4 aromatic rings. The van der Waals surface area contributed by atoms with Gasteiger partial charge in [0.25, 0.3) is 0 Å². The summed E-state index contributed by atoms with van der Waals surface area (Å²) in [5.74, 6) is 1.28. The van der Waals surface area contributed by atoms with Gasteiger partial charge in [0.1, 0.15) is 23.9 Å². The molecule has 32 heavy (non-hydrogen) atoms. The maximum Gasteiger partial charge on any atom is 0.246 e. The predicted octanol–water partition coefficient (Wildman–Crippen LogP) is 1.32. The van der Waals surface area contributed by atoms with E-state index in [1.54, 1.807) is 28.0 Å². The molecule has 1 saturated carbocycles. The lowest BCUT2D eigenvalue weighted by Gasteiger charge is -2.35. The minimum atomic E-state index is -0.183. The van der Waals surface area contributed by atoms with E-state index in [0.29, 0.717) is 41.7 Å². The van der Waals surface area contributed by atoms with E-state index >= 15 is 0 Å². The van der Waals surface area contributed by atoms with Gasteiger partial charge in [0.15, 0.2) is 18.2 Å². The molecule has 1 aliphatic rings. The minimum Gasteiger partial charge on any atom is -0.473 e. The first-order valence-electron chi connectivity index (χ1n) is 10.2. The Kier molecular flexibility index (Phi) is 4.98. The molecule has 0 aliphatic heterocycles. The van der Waals surface area contributed by atoms with Crippen LogP contribution < -0.4 is 20.1 Å². The van der Waals surface area contributed by atoms with Crippen molar-refractivity contribution in [2.45, 2.75) is 25.0 Å². The number of hydrogen-bond donors (Lipinski definition) is 3. The highest BCUT2D eigenvalue weighted by atomic mass is 16.5. The molecule has 3 N–H and O–H groups in total. The Bertz CT molecular complexity index is 1280. The number of rotatable bonds is 7. The zero-order valence-electron chi connectivity index (χ0n) is 17.4. The number of anilines is 2. The summed E-state index contributed by atoms with van der Waals surface area (Å²) >= 11 is 0. The normalized spacial score (nSPS) is 17.5. The highest BCUT2D eigenvalue weighted by Gasteiger charge is 2.33. The zero-order valence-corrected chi connectivity index (χ0v) is 17.4. The van der Waals surface area contributed by atoms with Crippen molar-refractivity contribution in [3.8, 4) is 11.7 Å². The van der Waals surface area contributed by atoms with E-state index in [-0.39, 0.29) is 18.1 Å². The van der Waals surface area contributed by atoms with Crippen molar-refractivity contribution < 1.29 is 14.2 Å². The molecule has 0 bridgehead atoms. The van der Waals surface area contributed by atoms with E-state index in [1.165, 1.54) is 6.08 Å². The Morgan fingerprint density at radius 1 is 1.34 bits per heavy atom. The summed E-state index contributed by atoms with van der Waals surface area (Å²) in [5.41, 5.74) is 1.92. The van der Waals surface area contributed by atoms with Gasteiger partial charge in [-0.1, -0.05) is 12.6 Å². The fourth-order valence-corrected chi connectivity index (χ4v) is 3.55. The number of fused-ring (bicyclic) bond motifs is 1. The minimum absolute atomic E-state index is 0.0565. The van der Waals surface area contributed by atoms with E-state index in [9.17, 15) is 4.79 Å². The van der Waals surface area contributed by atoms with Gasteiger partial charge in [0, 0.05) is 25.1 Å². The Balaban J connectivity index is 1.47. The number of amides is 1. The monoisotopic (exact) mass is 432 g/mol. The fraction of sp³-hybridized carbons (Fsp3) is 0.238. The Hall–Kier alpha value is -4.28. The molecule has 4 heterocycles. The summed E-state index contributed by atoms with van der Waals surface area (Å²) in [6.07, 6.45) is 9.59. The molecule has 0 spiro atoms. The summed E-state index contributed by atoms with van der Waals surface area (Å²) in [6.45, 7) is 3.48. The number of nitrogens with zero attached hydrogens (tertiary/aromatic N) is 6. The van der Waals surface area contributed by atoms with Crippen LogP contribution in [-0.2, 0) is 11.8 Å². The number of H-pyrrole nitrogens is 1. The van der Waals surface area contributed by atoms with Crippen molar-refractivity contribution in [2.75, 3.05) is 5.32 Å². The van der Waals surface area contributed by atoms with E-state index in [4.69, 9.17) is 4.74 Å². The molecule has 1 fully saturated rings. The van der Waals surface area contributed by atoms with Crippen LogP contribution in [0.4, 0.5) is 11.6 Å². The summed E-state index contributed by atoms with van der Waals surface area (Å²) in [4.78, 5) is 29.6. The van der Waals surface area contributed by atoms with Crippen molar-refractivity contribution in [1.82, 2.24) is 34.9 Å². The van der Waals surface area contributed by atoms with Crippen LogP contribution in [0.2, 0.25) is 0 Å². The maximum atomic E-state index is 11.5. The molecule has 1 aliphatic carbocycles. The van der Waals surface area contributed by atoms with Crippen molar-refractivity contribution in [3.63, 3.8) is 0 Å². The van der Waals surface area contributed by atoms with Crippen LogP contribution in [0.3, 0.4) is 0 Å². The maximum absolute atomic E-state index is 11.5. The number of nitrogens with one attached hydrogen (secondary N) is 3. The molecule has 1 amide bonds. The van der Waals surface area contributed by atoms with E-state index in [0.717, 1.165) is 5.69 Å². The number of carbonyl (C=O) groups is 1. The molecule has 0 saturated heterocycles.